The van der Waals surface area contributed by atoms with Crippen LogP contribution in [0.1, 0.15) is 31.3 Å². The van der Waals surface area contributed by atoms with E-state index in [1.165, 1.54) is 0 Å². The number of aromatic nitrogens is 2. The maximum absolute atomic E-state index is 9.60. The first kappa shape index (κ1) is 15.3. The third-order valence-electron chi connectivity index (χ3n) is 3.34. The van der Waals surface area contributed by atoms with Crippen molar-refractivity contribution in [2.45, 2.75) is 26.4 Å². The number of rotatable bonds is 5. The highest BCUT2D eigenvalue weighted by molar-refractivity contribution is 5.69. The average molecular weight is 287 g/mol. The fraction of sp³-hybridized carbons (Fsp3) is 0.375. The molecular formula is C16H21N3O2. The number of nitrogens with zero attached hydrogens (tertiary/aromatic N) is 3. The van der Waals surface area contributed by atoms with Gasteiger partial charge in [-0.15, -0.1) is 0 Å². The van der Waals surface area contributed by atoms with Crippen molar-refractivity contribution >= 4 is 11.4 Å². The minimum absolute atomic E-state index is 0.128. The third-order valence-corrected chi connectivity index (χ3v) is 3.34. The molecular weight excluding hydrogens is 266 g/mol. The number of aliphatic hydroxyl groups is 1. The van der Waals surface area contributed by atoms with Crippen LogP contribution in [0, 0.1) is 0 Å². The van der Waals surface area contributed by atoms with E-state index in [0.29, 0.717) is 5.69 Å². The second-order valence-electron chi connectivity index (χ2n) is 5.10. The van der Waals surface area contributed by atoms with Crippen LogP contribution in [0.2, 0.25) is 0 Å². The summed E-state index contributed by atoms with van der Waals surface area (Å²) in [5, 5.41) is 9.60. The number of para-hydroxylation sites is 2. The predicted molar refractivity (Wildman–Crippen MR) is 83.1 cm³/mol. The smallest absolute Gasteiger partial charge is 0.142 e. The van der Waals surface area contributed by atoms with Crippen molar-refractivity contribution < 1.29 is 9.84 Å². The molecule has 0 bridgehead atoms. The second-order valence-corrected chi connectivity index (χ2v) is 5.10. The first-order chi connectivity index (χ1) is 10.1. The van der Waals surface area contributed by atoms with Crippen LogP contribution in [0.3, 0.4) is 0 Å². The Labute approximate surface area is 125 Å². The lowest BCUT2D eigenvalue weighted by molar-refractivity contribution is 0.276. The SMILES string of the molecule is COc1ccccc1N(C)c1cnc(C(C)C)nc1CO. The van der Waals surface area contributed by atoms with Gasteiger partial charge in [0.1, 0.15) is 11.6 Å². The standard InChI is InChI=1S/C16H21N3O2/c1-11(2)16-17-9-14(12(10-20)18-16)19(3)13-7-5-6-8-15(13)21-4/h5-9,11,20H,10H2,1-4H3. The molecule has 5 nitrogen and oxygen atoms in total. The van der Waals surface area contributed by atoms with Gasteiger partial charge in [-0.05, 0) is 12.1 Å². The van der Waals surface area contributed by atoms with Crippen LogP contribution in [0.5, 0.6) is 5.75 Å². The molecule has 0 unspecified atom stereocenters. The van der Waals surface area contributed by atoms with Gasteiger partial charge in [0.05, 0.1) is 37.0 Å². The van der Waals surface area contributed by atoms with Crippen molar-refractivity contribution in [3.05, 3.63) is 42.0 Å². The summed E-state index contributed by atoms with van der Waals surface area (Å²) in [4.78, 5) is 10.8. The molecule has 0 fully saturated rings. The lowest BCUT2D eigenvalue weighted by Crippen LogP contribution is -2.15. The average Bonchev–Trinajstić information content (AvgIpc) is 2.53. The maximum Gasteiger partial charge on any atom is 0.142 e. The number of benzene rings is 1. The molecule has 2 rings (SSSR count). The van der Waals surface area contributed by atoms with E-state index in [-0.39, 0.29) is 12.5 Å². The van der Waals surface area contributed by atoms with Gasteiger partial charge in [0, 0.05) is 13.0 Å². The molecule has 112 valence electrons. The highest BCUT2D eigenvalue weighted by Crippen LogP contribution is 2.33. The van der Waals surface area contributed by atoms with Gasteiger partial charge in [-0.1, -0.05) is 26.0 Å². The van der Waals surface area contributed by atoms with E-state index in [0.717, 1.165) is 22.9 Å². The highest BCUT2D eigenvalue weighted by atomic mass is 16.5. The Morgan fingerprint density at radius 1 is 1.24 bits per heavy atom. The Morgan fingerprint density at radius 2 is 1.95 bits per heavy atom. The molecule has 2 aromatic rings. The Hall–Kier alpha value is -2.14. The lowest BCUT2D eigenvalue weighted by atomic mass is 10.2. The van der Waals surface area contributed by atoms with Crippen LogP contribution in [-0.2, 0) is 6.61 Å². The summed E-state index contributed by atoms with van der Waals surface area (Å²) in [6.45, 7) is 3.93. The molecule has 1 heterocycles. The molecule has 0 saturated carbocycles. The molecule has 0 radical (unpaired) electrons. The normalized spacial score (nSPS) is 10.8. The monoisotopic (exact) mass is 287 g/mol. The first-order valence-electron chi connectivity index (χ1n) is 6.92. The zero-order valence-electron chi connectivity index (χ0n) is 12.9. The minimum Gasteiger partial charge on any atom is -0.495 e. The largest absolute Gasteiger partial charge is 0.495 e. The van der Waals surface area contributed by atoms with Crippen LogP contribution < -0.4 is 9.64 Å². The summed E-state index contributed by atoms with van der Waals surface area (Å²) in [7, 11) is 3.54. The van der Waals surface area contributed by atoms with Crippen LogP contribution in [0.4, 0.5) is 11.4 Å². The molecule has 0 aliphatic carbocycles. The Bertz CT molecular complexity index is 614. The van der Waals surface area contributed by atoms with E-state index in [4.69, 9.17) is 4.74 Å². The molecule has 1 aromatic carbocycles. The Morgan fingerprint density at radius 3 is 2.57 bits per heavy atom. The van der Waals surface area contributed by atoms with Crippen molar-refractivity contribution in [3.8, 4) is 5.75 Å². The van der Waals surface area contributed by atoms with Gasteiger partial charge in [-0.2, -0.15) is 0 Å². The molecule has 1 N–H and O–H groups in total. The van der Waals surface area contributed by atoms with E-state index < -0.39 is 0 Å². The number of aliphatic hydroxyl groups excluding tert-OH is 1. The predicted octanol–water partition coefficient (Wildman–Crippen LogP) is 2.87. The van der Waals surface area contributed by atoms with Crippen LogP contribution in [0.15, 0.2) is 30.5 Å². The van der Waals surface area contributed by atoms with E-state index in [9.17, 15) is 5.11 Å². The fourth-order valence-corrected chi connectivity index (χ4v) is 2.14. The summed E-state index contributed by atoms with van der Waals surface area (Å²) in [5.41, 5.74) is 2.28. The second kappa shape index (κ2) is 6.54. The summed E-state index contributed by atoms with van der Waals surface area (Å²) in [6, 6.07) is 7.71. The van der Waals surface area contributed by atoms with E-state index in [1.54, 1.807) is 13.3 Å². The summed E-state index contributed by atoms with van der Waals surface area (Å²) >= 11 is 0. The first-order valence-corrected chi connectivity index (χ1v) is 6.92. The summed E-state index contributed by atoms with van der Waals surface area (Å²) in [6.07, 6.45) is 1.75. The lowest BCUT2D eigenvalue weighted by Gasteiger charge is -2.23. The fourth-order valence-electron chi connectivity index (χ4n) is 2.14. The van der Waals surface area contributed by atoms with Crippen molar-refractivity contribution in [1.29, 1.82) is 0 Å². The Balaban J connectivity index is 2.45. The van der Waals surface area contributed by atoms with Gasteiger partial charge < -0.3 is 14.7 Å². The molecule has 0 aliphatic heterocycles. The number of methoxy groups -OCH3 is 1. The van der Waals surface area contributed by atoms with Crippen molar-refractivity contribution in [2.24, 2.45) is 0 Å². The van der Waals surface area contributed by atoms with Crippen molar-refractivity contribution in [2.75, 3.05) is 19.1 Å². The molecule has 0 saturated heterocycles. The molecule has 21 heavy (non-hydrogen) atoms. The molecule has 5 heteroatoms. The molecule has 0 aliphatic rings. The van der Waals surface area contributed by atoms with E-state index in [1.807, 2.05) is 50.1 Å². The zero-order valence-corrected chi connectivity index (χ0v) is 12.9. The van der Waals surface area contributed by atoms with Gasteiger partial charge >= 0.3 is 0 Å². The number of hydrogen-bond donors (Lipinski definition) is 1. The van der Waals surface area contributed by atoms with Gasteiger partial charge in [-0.3, -0.25) is 0 Å². The van der Waals surface area contributed by atoms with E-state index in [2.05, 4.69) is 9.97 Å². The molecule has 0 amide bonds. The Kier molecular flexibility index (Phi) is 4.75. The number of anilines is 2. The number of ether oxygens (including phenoxy) is 1. The third kappa shape index (κ3) is 3.13. The quantitative estimate of drug-likeness (QED) is 0.916. The highest BCUT2D eigenvalue weighted by Gasteiger charge is 2.16. The van der Waals surface area contributed by atoms with Gasteiger partial charge in [0.2, 0.25) is 0 Å². The van der Waals surface area contributed by atoms with Crippen LogP contribution >= 0.6 is 0 Å². The van der Waals surface area contributed by atoms with Crippen LogP contribution in [-0.4, -0.2) is 29.2 Å². The van der Waals surface area contributed by atoms with Crippen LogP contribution in [0.25, 0.3) is 0 Å². The van der Waals surface area contributed by atoms with Crippen molar-refractivity contribution in [3.63, 3.8) is 0 Å². The molecule has 0 atom stereocenters. The van der Waals surface area contributed by atoms with Gasteiger partial charge in [-0.25, -0.2) is 9.97 Å². The van der Waals surface area contributed by atoms with Gasteiger partial charge in [0.25, 0.3) is 0 Å². The van der Waals surface area contributed by atoms with Gasteiger partial charge in [0.15, 0.2) is 0 Å². The minimum atomic E-state index is -0.128. The number of hydrogen-bond acceptors (Lipinski definition) is 5. The molecule has 1 aromatic heterocycles. The summed E-state index contributed by atoms with van der Waals surface area (Å²) in [5.74, 6) is 1.72. The molecule has 0 spiro atoms. The summed E-state index contributed by atoms with van der Waals surface area (Å²) < 4.78 is 5.38. The topological polar surface area (TPSA) is 58.5 Å². The zero-order chi connectivity index (χ0) is 15.4. The van der Waals surface area contributed by atoms with E-state index >= 15 is 0 Å². The van der Waals surface area contributed by atoms with Crippen molar-refractivity contribution in [1.82, 2.24) is 9.97 Å². The maximum atomic E-state index is 9.60.